The Hall–Kier alpha value is -0.690. The van der Waals surface area contributed by atoms with Crippen molar-refractivity contribution < 1.29 is 24.4 Å². The Kier molecular flexibility index (Phi) is 9.35. The third kappa shape index (κ3) is 5.91. The van der Waals surface area contributed by atoms with E-state index in [-0.39, 0.29) is 24.9 Å². The fourth-order valence-electron chi connectivity index (χ4n) is 3.18. The highest BCUT2D eigenvalue weighted by Gasteiger charge is 2.42. The van der Waals surface area contributed by atoms with Gasteiger partial charge < -0.3 is 24.4 Å². The summed E-state index contributed by atoms with van der Waals surface area (Å²) < 4.78 is 17.5. The molecule has 3 atom stereocenters. The van der Waals surface area contributed by atoms with Gasteiger partial charge in [-0.2, -0.15) is 0 Å². The molecular formula is C19H31ClO5. The molecule has 1 aromatic rings. The molecule has 3 rings (SSSR count). The topological polar surface area (TPSA) is 68.2 Å². The van der Waals surface area contributed by atoms with Crippen LogP contribution in [0, 0.1) is 0 Å². The molecule has 0 aliphatic carbocycles. The minimum Gasteiger partial charge on any atom is -0.400 e. The van der Waals surface area contributed by atoms with Crippen LogP contribution in [0.25, 0.3) is 0 Å². The molecule has 1 aromatic carbocycles. The Morgan fingerprint density at radius 1 is 1.16 bits per heavy atom. The zero-order valence-electron chi connectivity index (χ0n) is 15.8. The smallest absolute Gasteiger partial charge is 0.163 e. The van der Waals surface area contributed by atoms with Crippen LogP contribution in [-0.4, -0.2) is 48.5 Å². The van der Waals surface area contributed by atoms with Crippen molar-refractivity contribution in [3.8, 4) is 0 Å². The van der Waals surface area contributed by atoms with Crippen molar-refractivity contribution in [3.05, 3.63) is 34.3 Å². The van der Waals surface area contributed by atoms with E-state index in [0.29, 0.717) is 13.0 Å². The van der Waals surface area contributed by atoms with E-state index in [4.69, 9.17) is 30.9 Å². The monoisotopic (exact) mass is 374 g/mol. The van der Waals surface area contributed by atoms with Crippen molar-refractivity contribution in [3.63, 3.8) is 0 Å². The van der Waals surface area contributed by atoms with Crippen molar-refractivity contribution in [2.75, 3.05) is 20.3 Å². The largest absolute Gasteiger partial charge is 0.400 e. The van der Waals surface area contributed by atoms with E-state index in [1.165, 1.54) is 5.56 Å². The summed E-state index contributed by atoms with van der Waals surface area (Å²) in [5.74, 6) is -0.657. The summed E-state index contributed by atoms with van der Waals surface area (Å²) in [6, 6.07) is 5.92. The van der Waals surface area contributed by atoms with Crippen molar-refractivity contribution in [2.45, 2.75) is 64.6 Å². The summed E-state index contributed by atoms with van der Waals surface area (Å²) in [7, 11) is 1.00. The van der Waals surface area contributed by atoms with Crippen LogP contribution in [0.3, 0.4) is 0 Å². The minimum atomic E-state index is -0.657. The molecule has 0 spiro atoms. The molecule has 0 bridgehead atoms. The summed E-state index contributed by atoms with van der Waals surface area (Å²) >= 11 is 6.06. The predicted molar refractivity (Wildman–Crippen MR) is 98.9 cm³/mol. The van der Waals surface area contributed by atoms with Gasteiger partial charge in [0.2, 0.25) is 0 Å². The lowest BCUT2D eigenvalue weighted by Crippen LogP contribution is -2.30. The summed E-state index contributed by atoms with van der Waals surface area (Å²) in [6.45, 7) is 8.36. The Morgan fingerprint density at radius 2 is 1.80 bits per heavy atom. The summed E-state index contributed by atoms with van der Waals surface area (Å²) in [5.41, 5.74) is 2.40. The predicted octanol–water partition coefficient (Wildman–Crippen LogP) is 3.49. The van der Waals surface area contributed by atoms with E-state index in [1.807, 2.05) is 45.9 Å². The maximum atomic E-state index is 9.47. The lowest BCUT2D eigenvalue weighted by Gasteiger charge is -2.29. The van der Waals surface area contributed by atoms with E-state index in [1.54, 1.807) is 0 Å². The van der Waals surface area contributed by atoms with E-state index >= 15 is 0 Å². The summed E-state index contributed by atoms with van der Waals surface area (Å²) in [6.07, 6.45) is 1.03. The maximum absolute atomic E-state index is 9.47. The zero-order valence-corrected chi connectivity index (χ0v) is 16.5. The number of ether oxygens (including phenoxy) is 3. The van der Waals surface area contributed by atoms with Gasteiger partial charge in [-0.15, -0.1) is 0 Å². The maximum Gasteiger partial charge on any atom is 0.163 e. The van der Waals surface area contributed by atoms with E-state index in [9.17, 15) is 5.11 Å². The number of benzene rings is 1. The van der Waals surface area contributed by atoms with Gasteiger partial charge in [-0.1, -0.05) is 31.5 Å². The highest BCUT2D eigenvalue weighted by Crippen LogP contribution is 2.37. The van der Waals surface area contributed by atoms with Crippen molar-refractivity contribution >= 4 is 11.6 Å². The number of halogens is 1. The second kappa shape index (κ2) is 10.5. The molecule has 6 heteroatoms. The van der Waals surface area contributed by atoms with Crippen LogP contribution in [0.5, 0.6) is 0 Å². The van der Waals surface area contributed by atoms with Gasteiger partial charge in [0.05, 0.1) is 25.4 Å². The minimum absolute atomic E-state index is 0.0393. The van der Waals surface area contributed by atoms with Crippen molar-refractivity contribution in [1.29, 1.82) is 0 Å². The molecule has 0 aromatic heterocycles. The van der Waals surface area contributed by atoms with Gasteiger partial charge in [-0.05, 0) is 43.5 Å². The molecule has 25 heavy (non-hydrogen) atoms. The van der Waals surface area contributed by atoms with Gasteiger partial charge in [0.25, 0.3) is 0 Å². The van der Waals surface area contributed by atoms with Crippen LogP contribution in [-0.2, 0) is 20.6 Å². The number of aliphatic hydroxyl groups excluding tert-OH is 2. The molecule has 3 unspecified atom stereocenters. The fourth-order valence-corrected chi connectivity index (χ4v) is 3.37. The lowest BCUT2D eigenvalue weighted by molar-refractivity contribution is -0.151. The van der Waals surface area contributed by atoms with Crippen molar-refractivity contribution in [1.82, 2.24) is 0 Å². The Morgan fingerprint density at radius 3 is 2.44 bits per heavy atom. The van der Waals surface area contributed by atoms with Gasteiger partial charge in [-0.25, -0.2) is 0 Å². The van der Waals surface area contributed by atoms with E-state index in [0.717, 1.165) is 24.1 Å². The van der Waals surface area contributed by atoms with E-state index in [2.05, 4.69) is 0 Å². The van der Waals surface area contributed by atoms with Crippen LogP contribution in [0.15, 0.2) is 18.2 Å². The van der Waals surface area contributed by atoms with Gasteiger partial charge in [0.15, 0.2) is 5.79 Å². The van der Waals surface area contributed by atoms with Gasteiger partial charge in [0, 0.05) is 18.6 Å². The highest BCUT2D eigenvalue weighted by atomic mass is 35.5. The normalized spacial score (nSPS) is 26.6. The number of rotatable bonds is 3. The first kappa shape index (κ1) is 22.4. The average Bonchev–Trinajstić information content (AvgIpc) is 2.92. The van der Waals surface area contributed by atoms with Crippen LogP contribution >= 0.6 is 11.6 Å². The fraction of sp³-hybridized carbons (Fsp3) is 0.684. The molecule has 2 N–H and O–H groups in total. The van der Waals surface area contributed by atoms with Crippen LogP contribution in [0.4, 0.5) is 0 Å². The number of fused-ring (bicyclic) bond motifs is 1. The summed E-state index contributed by atoms with van der Waals surface area (Å²) in [5, 5.41) is 17.2. The first-order valence-electron chi connectivity index (χ1n) is 8.79. The highest BCUT2D eigenvalue weighted by molar-refractivity contribution is 6.30. The van der Waals surface area contributed by atoms with E-state index < -0.39 is 5.79 Å². The second-order valence-corrected chi connectivity index (χ2v) is 6.52. The number of hydrogen-bond acceptors (Lipinski definition) is 5. The number of hydrogen-bond donors (Lipinski definition) is 2. The third-order valence-electron chi connectivity index (χ3n) is 4.05. The molecule has 0 amide bonds. The molecule has 0 saturated carbocycles. The molecule has 144 valence electrons. The van der Waals surface area contributed by atoms with Crippen molar-refractivity contribution in [2.24, 2.45) is 0 Å². The van der Waals surface area contributed by atoms with Crippen LogP contribution in [0.1, 0.15) is 51.3 Å². The Labute approximate surface area is 155 Å². The van der Waals surface area contributed by atoms with Crippen LogP contribution in [0.2, 0.25) is 5.02 Å². The Bertz CT molecular complexity index is 521. The van der Waals surface area contributed by atoms with Gasteiger partial charge in [0.1, 0.15) is 6.10 Å². The number of aliphatic hydroxyl groups is 2. The zero-order chi connectivity index (χ0) is 19.0. The van der Waals surface area contributed by atoms with Crippen LogP contribution < -0.4 is 0 Å². The first-order chi connectivity index (χ1) is 12.0. The molecule has 5 nitrogen and oxygen atoms in total. The summed E-state index contributed by atoms with van der Waals surface area (Å²) in [4.78, 5) is 0. The van der Waals surface area contributed by atoms with Gasteiger partial charge >= 0.3 is 0 Å². The standard InChI is InChI=1S/C16H21ClO4.C2H6.CH4O/c1-16(2)20-14(15(9-18)21-16)8-13-12-4-3-11(17)7-10(12)5-6-19-13;2*1-2/h3-4,7,13-15,18H,5-6,8-9H2,1-2H3;1-2H3;2H,1H3. The Balaban J connectivity index is 0.000000730. The lowest BCUT2D eigenvalue weighted by atomic mass is 9.93. The third-order valence-corrected chi connectivity index (χ3v) is 4.29. The first-order valence-corrected chi connectivity index (χ1v) is 9.17. The SMILES string of the molecule is CC.CC1(C)OC(CO)C(CC2OCCc3cc(Cl)ccc32)O1.CO. The molecule has 2 aliphatic rings. The molecule has 1 saturated heterocycles. The molecule has 2 aliphatic heterocycles. The molecular weight excluding hydrogens is 344 g/mol. The quantitative estimate of drug-likeness (QED) is 0.847. The van der Waals surface area contributed by atoms with Gasteiger partial charge in [-0.3, -0.25) is 0 Å². The average molecular weight is 375 g/mol. The second-order valence-electron chi connectivity index (χ2n) is 6.08. The molecule has 0 radical (unpaired) electrons. The molecule has 1 fully saturated rings. The molecule has 2 heterocycles.